The van der Waals surface area contributed by atoms with Crippen molar-refractivity contribution in [2.24, 2.45) is 0 Å². The molecule has 0 spiro atoms. The van der Waals surface area contributed by atoms with Crippen molar-refractivity contribution in [3.05, 3.63) is 23.8 Å². The van der Waals surface area contributed by atoms with Gasteiger partial charge in [0.15, 0.2) is 11.5 Å². The largest absolute Gasteiger partial charge is 0.490 e. The first-order chi connectivity index (χ1) is 9.13. The zero-order valence-electron chi connectivity index (χ0n) is 11.7. The number of likely N-dealkylation sites (N-methyl/N-ethyl adjacent to an activating group) is 1. The van der Waals surface area contributed by atoms with Crippen LogP contribution < -0.4 is 9.47 Å². The second-order valence-electron chi connectivity index (χ2n) is 3.98. The van der Waals surface area contributed by atoms with Crippen LogP contribution in [-0.2, 0) is 0 Å². The van der Waals surface area contributed by atoms with Crippen molar-refractivity contribution in [2.45, 2.75) is 13.8 Å². The highest BCUT2D eigenvalue weighted by Crippen LogP contribution is 2.28. The fourth-order valence-corrected chi connectivity index (χ4v) is 1.66. The van der Waals surface area contributed by atoms with Crippen LogP contribution in [-0.4, -0.2) is 49.3 Å². The molecule has 0 radical (unpaired) electrons. The topological polar surface area (TPSA) is 59.0 Å². The number of hydrogen-bond donors (Lipinski definition) is 1. The van der Waals surface area contributed by atoms with Crippen LogP contribution in [0.15, 0.2) is 18.2 Å². The SMILES string of the molecule is CCOc1ccc(C(=O)N(C)CCO)cc1OCC. The highest BCUT2D eigenvalue weighted by molar-refractivity contribution is 5.94. The molecule has 0 aliphatic carbocycles. The molecular weight excluding hydrogens is 246 g/mol. The van der Waals surface area contributed by atoms with Gasteiger partial charge in [-0.3, -0.25) is 4.79 Å². The molecule has 5 heteroatoms. The van der Waals surface area contributed by atoms with Gasteiger partial charge in [-0.05, 0) is 32.0 Å². The summed E-state index contributed by atoms with van der Waals surface area (Å²) in [5, 5.41) is 8.85. The summed E-state index contributed by atoms with van der Waals surface area (Å²) in [6.07, 6.45) is 0. The number of aliphatic hydroxyl groups excluding tert-OH is 1. The van der Waals surface area contributed by atoms with Gasteiger partial charge in [-0.15, -0.1) is 0 Å². The molecule has 1 rings (SSSR count). The number of nitrogens with zero attached hydrogens (tertiary/aromatic N) is 1. The van der Waals surface area contributed by atoms with E-state index < -0.39 is 0 Å². The Morgan fingerprint density at radius 2 is 1.84 bits per heavy atom. The fraction of sp³-hybridized carbons (Fsp3) is 0.500. The normalized spacial score (nSPS) is 10.1. The number of ether oxygens (including phenoxy) is 2. The average molecular weight is 267 g/mol. The highest BCUT2D eigenvalue weighted by atomic mass is 16.5. The van der Waals surface area contributed by atoms with E-state index >= 15 is 0 Å². The predicted octanol–water partition coefficient (Wildman–Crippen LogP) is 1.55. The lowest BCUT2D eigenvalue weighted by Gasteiger charge is -2.17. The molecule has 0 atom stereocenters. The Kier molecular flexibility index (Phi) is 6.15. The Bertz CT molecular complexity index is 420. The molecule has 0 aromatic heterocycles. The van der Waals surface area contributed by atoms with E-state index in [9.17, 15) is 4.79 Å². The zero-order chi connectivity index (χ0) is 14.3. The van der Waals surface area contributed by atoms with Gasteiger partial charge in [-0.1, -0.05) is 0 Å². The van der Waals surface area contributed by atoms with E-state index in [2.05, 4.69) is 0 Å². The van der Waals surface area contributed by atoms with E-state index in [4.69, 9.17) is 14.6 Å². The van der Waals surface area contributed by atoms with Crippen LogP contribution in [0.25, 0.3) is 0 Å². The Morgan fingerprint density at radius 1 is 1.21 bits per heavy atom. The van der Waals surface area contributed by atoms with Gasteiger partial charge in [0.05, 0.1) is 19.8 Å². The Labute approximate surface area is 113 Å². The molecule has 1 aromatic carbocycles. The average Bonchev–Trinajstić information content (AvgIpc) is 2.40. The van der Waals surface area contributed by atoms with Crippen molar-refractivity contribution >= 4 is 5.91 Å². The van der Waals surface area contributed by atoms with Gasteiger partial charge in [0, 0.05) is 19.2 Å². The van der Waals surface area contributed by atoms with E-state index in [-0.39, 0.29) is 12.5 Å². The number of amides is 1. The molecule has 1 N–H and O–H groups in total. The number of benzene rings is 1. The van der Waals surface area contributed by atoms with Crippen LogP contribution in [0.5, 0.6) is 11.5 Å². The van der Waals surface area contributed by atoms with Gasteiger partial charge in [0.1, 0.15) is 0 Å². The molecule has 19 heavy (non-hydrogen) atoms. The molecule has 0 aliphatic rings. The van der Waals surface area contributed by atoms with Crippen LogP contribution in [0.4, 0.5) is 0 Å². The van der Waals surface area contributed by atoms with E-state index in [0.29, 0.717) is 36.8 Å². The molecule has 0 unspecified atom stereocenters. The number of carbonyl (C=O) groups excluding carboxylic acids is 1. The zero-order valence-corrected chi connectivity index (χ0v) is 11.7. The smallest absolute Gasteiger partial charge is 0.253 e. The van der Waals surface area contributed by atoms with Gasteiger partial charge in [0.2, 0.25) is 0 Å². The molecule has 0 bridgehead atoms. The Morgan fingerprint density at radius 3 is 2.42 bits per heavy atom. The van der Waals surface area contributed by atoms with E-state index in [1.54, 1.807) is 25.2 Å². The fourth-order valence-electron chi connectivity index (χ4n) is 1.66. The molecular formula is C14H21NO4. The third-order valence-corrected chi connectivity index (χ3v) is 2.57. The summed E-state index contributed by atoms with van der Waals surface area (Å²) in [4.78, 5) is 13.5. The van der Waals surface area contributed by atoms with Crippen molar-refractivity contribution in [3.8, 4) is 11.5 Å². The van der Waals surface area contributed by atoms with Crippen molar-refractivity contribution in [1.82, 2.24) is 4.90 Å². The van der Waals surface area contributed by atoms with Gasteiger partial charge in [-0.25, -0.2) is 0 Å². The summed E-state index contributed by atoms with van der Waals surface area (Å²) in [5.41, 5.74) is 0.517. The molecule has 0 fully saturated rings. The summed E-state index contributed by atoms with van der Waals surface area (Å²) in [6.45, 7) is 5.06. The third-order valence-electron chi connectivity index (χ3n) is 2.57. The Balaban J connectivity index is 2.96. The summed E-state index contributed by atoms with van der Waals surface area (Å²) in [7, 11) is 1.65. The number of rotatable bonds is 7. The van der Waals surface area contributed by atoms with Gasteiger partial charge in [-0.2, -0.15) is 0 Å². The monoisotopic (exact) mass is 267 g/mol. The number of hydrogen-bond acceptors (Lipinski definition) is 4. The summed E-state index contributed by atoms with van der Waals surface area (Å²) < 4.78 is 10.9. The molecule has 1 amide bonds. The molecule has 0 heterocycles. The van der Waals surface area contributed by atoms with Gasteiger partial charge in [0.25, 0.3) is 5.91 Å². The van der Waals surface area contributed by atoms with Crippen molar-refractivity contribution in [1.29, 1.82) is 0 Å². The maximum Gasteiger partial charge on any atom is 0.253 e. The number of aliphatic hydroxyl groups is 1. The first kappa shape index (κ1) is 15.3. The molecule has 0 saturated carbocycles. The van der Waals surface area contributed by atoms with E-state index in [1.807, 2.05) is 13.8 Å². The standard InChI is InChI=1S/C14H21NO4/c1-4-18-12-7-6-11(10-13(12)19-5-2)14(17)15(3)8-9-16/h6-7,10,16H,4-5,8-9H2,1-3H3. The lowest BCUT2D eigenvalue weighted by molar-refractivity contribution is 0.0766. The van der Waals surface area contributed by atoms with Crippen LogP contribution in [0.1, 0.15) is 24.2 Å². The predicted molar refractivity (Wildman–Crippen MR) is 72.8 cm³/mol. The second kappa shape index (κ2) is 7.63. The maximum absolute atomic E-state index is 12.1. The third kappa shape index (κ3) is 4.13. The minimum Gasteiger partial charge on any atom is -0.490 e. The van der Waals surface area contributed by atoms with Gasteiger partial charge >= 0.3 is 0 Å². The maximum atomic E-state index is 12.1. The minimum atomic E-state index is -0.155. The van der Waals surface area contributed by atoms with E-state index in [1.165, 1.54) is 4.90 Å². The van der Waals surface area contributed by atoms with E-state index in [0.717, 1.165) is 0 Å². The molecule has 5 nitrogen and oxygen atoms in total. The lowest BCUT2D eigenvalue weighted by Crippen LogP contribution is -2.29. The summed E-state index contributed by atoms with van der Waals surface area (Å²) in [6, 6.07) is 5.10. The van der Waals surface area contributed by atoms with Crippen LogP contribution in [0.2, 0.25) is 0 Å². The minimum absolute atomic E-state index is 0.0579. The van der Waals surface area contributed by atoms with Crippen molar-refractivity contribution < 1.29 is 19.4 Å². The molecule has 1 aromatic rings. The lowest BCUT2D eigenvalue weighted by atomic mass is 10.1. The summed E-state index contributed by atoms with van der Waals surface area (Å²) in [5.74, 6) is 1.04. The van der Waals surface area contributed by atoms with Gasteiger partial charge < -0.3 is 19.5 Å². The molecule has 0 aliphatic heterocycles. The van der Waals surface area contributed by atoms with Crippen LogP contribution in [0, 0.1) is 0 Å². The molecule has 0 saturated heterocycles. The Hall–Kier alpha value is -1.75. The first-order valence-corrected chi connectivity index (χ1v) is 6.40. The second-order valence-corrected chi connectivity index (χ2v) is 3.98. The first-order valence-electron chi connectivity index (χ1n) is 6.40. The van der Waals surface area contributed by atoms with Crippen LogP contribution >= 0.6 is 0 Å². The highest BCUT2D eigenvalue weighted by Gasteiger charge is 2.14. The quantitative estimate of drug-likeness (QED) is 0.814. The summed E-state index contributed by atoms with van der Waals surface area (Å²) >= 11 is 0. The number of carbonyl (C=O) groups is 1. The van der Waals surface area contributed by atoms with Crippen LogP contribution in [0.3, 0.4) is 0 Å². The molecule has 106 valence electrons. The van der Waals surface area contributed by atoms with Crippen molar-refractivity contribution in [2.75, 3.05) is 33.4 Å². The van der Waals surface area contributed by atoms with Crippen molar-refractivity contribution in [3.63, 3.8) is 0 Å².